The third-order valence-electron chi connectivity index (χ3n) is 5.17. The molecule has 1 fully saturated rings. The molecule has 1 aliphatic heterocycles. The van der Waals surface area contributed by atoms with Gasteiger partial charge in [-0.15, -0.1) is 0 Å². The van der Waals surface area contributed by atoms with Crippen LogP contribution in [0.4, 0.5) is 11.5 Å². The molecule has 27 heavy (non-hydrogen) atoms. The van der Waals surface area contributed by atoms with Crippen LogP contribution in [0.25, 0.3) is 10.9 Å². The van der Waals surface area contributed by atoms with Gasteiger partial charge in [0.15, 0.2) is 0 Å². The van der Waals surface area contributed by atoms with Crippen LogP contribution in [0.2, 0.25) is 0 Å². The summed E-state index contributed by atoms with van der Waals surface area (Å²) in [5, 5.41) is 5.49. The second-order valence-electron chi connectivity index (χ2n) is 7.40. The number of benzene rings is 1. The smallest absolute Gasteiger partial charge is 0.139 e. The molecule has 1 saturated heterocycles. The standard InChI is InChI=1S/C20H27N7/c1-16-13-23-27(14-16)11-8-25-6-9-26(10-7-25)17-4-5-19-18(12-17)20(24(2)3)22-15-21-19/h4-5,12-15H,6-11H2,1-3H3. The van der Waals surface area contributed by atoms with Gasteiger partial charge in [0.2, 0.25) is 0 Å². The summed E-state index contributed by atoms with van der Waals surface area (Å²) in [6, 6.07) is 6.51. The molecule has 0 amide bonds. The lowest BCUT2D eigenvalue weighted by Crippen LogP contribution is -2.47. The molecule has 0 aliphatic carbocycles. The molecule has 3 aromatic rings. The Morgan fingerprint density at radius 3 is 2.56 bits per heavy atom. The number of aromatic nitrogens is 4. The average Bonchev–Trinajstić information content (AvgIpc) is 3.11. The van der Waals surface area contributed by atoms with Crippen molar-refractivity contribution >= 4 is 22.4 Å². The Hall–Kier alpha value is -2.67. The topological polar surface area (TPSA) is 53.3 Å². The van der Waals surface area contributed by atoms with Crippen LogP contribution in [0.1, 0.15) is 5.56 Å². The van der Waals surface area contributed by atoms with Gasteiger partial charge in [-0.2, -0.15) is 5.10 Å². The van der Waals surface area contributed by atoms with Crippen LogP contribution in [-0.2, 0) is 6.54 Å². The zero-order chi connectivity index (χ0) is 18.8. The number of hydrogen-bond donors (Lipinski definition) is 0. The molecule has 7 nitrogen and oxygen atoms in total. The predicted molar refractivity (Wildman–Crippen MR) is 109 cm³/mol. The van der Waals surface area contributed by atoms with Crippen LogP contribution < -0.4 is 9.80 Å². The molecule has 0 spiro atoms. The van der Waals surface area contributed by atoms with Crippen LogP contribution in [0.3, 0.4) is 0 Å². The van der Waals surface area contributed by atoms with E-state index in [4.69, 9.17) is 0 Å². The molecule has 0 N–H and O–H groups in total. The number of nitrogens with zero attached hydrogens (tertiary/aromatic N) is 7. The quantitative estimate of drug-likeness (QED) is 0.690. The van der Waals surface area contributed by atoms with Crippen molar-refractivity contribution < 1.29 is 0 Å². The Bertz CT molecular complexity index is 910. The van der Waals surface area contributed by atoms with Gasteiger partial charge in [-0.05, 0) is 30.7 Å². The molecule has 4 rings (SSSR count). The van der Waals surface area contributed by atoms with Crippen molar-refractivity contribution in [3.8, 4) is 0 Å². The highest BCUT2D eigenvalue weighted by Gasteiger charge is 2.18. The Kier molecular flexibility index (Phi) is 4.94. The minimum atomic E-state index is 0.952. The minimum Gasteiger partial charge on any atom is -0.369 e. The number of hydrogen-bond acceptors (Lipinski definition) is 6. The normalized spacial score (nSPS) is 15.4. The van der Waals surface area contributed by atoms with Crippen LogP contribution >= 0.6 is 0 Å². The predicted octanol–water partition coefficient (Wildman–Crippen LogP) is 2.02. The lowest BCUT2D eigenvalue weighted by molar-refractivity contribution is 0.244. The van der Waals surface area contributed by atoms with E-state index in [0.29, 0.717) is 0 Å². The lowest BCUT2D eigenvalue weighted by Gasteiger charge is -2.36. The first kappa shape index (κ1) is 17.7. The van der Waals surface area contributed by atoms with Crippen LogP contribution in [-0.4, -0.2) is 71.5 Å². The van der Waals surface area contributed by atoms with E-state index in [0.717, 1.165) is 56.0 Å². The van der Waals surface area contributed by atoms with Gasteiger partial charge in [0.25, 0.3) is 0 Å². The van der Waals surface area contributed by atoms with Gasteiger partial charge >= 0.3 is 0 Å². The third-order valence-corrected chi connectivity index (χ3v) is 5.17. The maximum Gasteiger partial charge on any atom is 0.139 e. The van der Waals surface area contributed by atoms with Crippen molar-refractivity contribution in [1.29, 1.82) is 0 Å². The zero-order valence-corrected chi connectivity index (χ0v) is 16.3. The largest absolute Gasteiger partial charge is 0.369 e. The van der Waals surface area contributed by atoms with E-state index in [9.17, 15) is 0 Å². The van der Waals surface area contributed by atoms with E-state index < -0.39 is 0 Å². The summed E-state index contributed by atoms with van der Waals surface area (Å²) in [6.45, 7) is 8.30. The number of piperazine rings is 1. The summed E-state index contributed by atoms with van der Waals surface area (Å²) in [5.41, 5.74) is 3.46. The maximum absolute atomic E-state index is 4.44. The monoisotopic (exact) mass is 365 g/mol. The van der Waals surface area contributed by atoms with Crippen LogP contribution in [0.5, 0.6) is 0 Å². The molecular weight excluding hydrogens is 338 g/mol. The SMILES string of the molecule is Cc1cnn(CCN2CCN(c3ccc4ncnc(N(C)C)c4c3)CC2)c1. The highest BCUT2D eigenvalue weighted by atomic mass is 15.3. The zero-order valence-electron chi connectivity index (χ0n) is 16.3. The molecule has 1 aliphatic rings. The first-order valence-corrected chi connectivity index (χ1v) is 9.48. The Morgan fingerprint density at radius 2 is 1.85 bits per heavy atom. The first-order valence-electron chi connectivity index (χ1n) is 9.48. The Labute approximate surface area is 160 Å². The third kappa shape index (κ3) is 3.88. The summed E-state index contributed by atoms with van der Waals surface area (Å²) in [5.74, 6) is 0.968. The maximum atomic E-state index is 4.44. The molecule has 0 unspecified atom stereocenters. The summed E-state index contributed by atoms with van der Waals surface area (Å²) in [4.78, 5) is 15.9. The van der Waals surface area contributed by atoms with Crippen molar-refractivity contribution in [2.45, 2.75) is 13.5 Å². The molecule has 2 aromatic heterocycles. The van der Waals surface area contributed by atoms with Crippen molar-refractivity contribution in [3.63, 3.8) is 0 Å². The van der Waals surface area contributed by atoms with Gasteiger partial charge in [-0.25, -0.2) is 9.97 Å². The highest BCUT2D eigenvalue weighted by Crippen LogP contribution is 2.27. The molecule has 3 heterocycles. The number of aryl methyl sites for hydroxylation is 1. The second kappa shape index (κ2) is 7.52. The summed E-state index contributed by atoms with van der Waals surface area (Å²) < 4.78 is 2.04. The molecule has 0 bridgehead atoms. The van der Waals surface area contributed by atoms with Gasteiger partial charge < -0.3 is 9.80 Å². The van der Waals surface area contributed by atoms with Crippen molar-refractivity contribution in [1.82, 2.24) is 24.6 Å². The van der Waals surface area contributed by atoms with Gasteiger partial charge in [-0.1, -0.05) is 0 Å². The van der Waals surface area contributed by atoms with Crippen LogP contribution in [0.15, 0.2) is 36.9 Å². The molecule has 0 saturated carbocycles. The second-order valence-corrected chi connectivity index (χ2v) is 7.40. The summed E-state index contributed by atoms with van der Waals surface area (Å²) in [6.07, 6.45) is 5.66. The molecular formula is C20H27N7. The molecule has 0 atom stereocenters. The number of fused-ring (bicyclic) bond motifs is 1. The van der Waals surface area contributed by atoms with Crippen LogP contribution in [0, 0.1) is 6.92 Å². The summed E-state index contributed by atoms with van der Waals surface area (Å²) in [7, 11) is 4.04. The van der Waals surface area contributed by atoms with Gasteiger partial charge in [0.1, 0.15) is 12.1 Å². The fraction of sp³-hybridized carbons (Fsp3) is 0.450. The van der Waals surface area contributed by atoms with E-state index >= 15 is 0 Å². The number of rotatable bonds is 5. The molecule has 1 aromatic carbocycles. The fourth-order valence-corrected chi connectivity index (χ4v) is 3.65. The van der Waals surface area contributed by atoms with E-state index in [1.165, 1.54) is 11.3 Å². The molecule has 0 radical (unpaired) electrons. The minimum absolute atomic E-state index is 0.952. The van der Waals surface area contributed by atoms with E-state index in [2.05, 4.69) is 56.2 Å². The summed E-state index contributed by atoms with van der Waals surface area (Å²) >= 11 is 0. The van der Waals surface area contributed by atoms with Crippen molar-refractivity contribution in [2.75, 3.05) is 56.6 Å². The van der Waals surface area contributed by atoms with E-state index in [1.807, 2.05) is 29.9 Å². The molecule has 142 valence electrons. The fourth-order valence-electron chi connectivity index (χ4n) is 3.65. The lowest BCUT2D eigenvalue weighted by atomic mass is 10.1. The first-order chi connectivity index (χ1) is 13.1. The van der Waals surface area contributed by atoms with E-state index in [-0.39, 0.29) is 0 Å². The highest BCUT2D eigenvalue weighted by molar-refractivity contribution is 5.91. The van der Waals surface area contributed by atoms with Gasteiger partial charge in [0.05, 0.1) is 18.3 Å². The average molecular weight is 365 g/mol. The van der Waals surface area contributed by atoms with Crippen molar-refractivity contribution in [2.24, 2.45) is 0 Å². The van der Waals surface area contributed by atoms with E-state index in [1.54, 1.807) is 6.33 Å². The van der Waals surface area contributed by atoms with Gasteiger partial charge in [-0.3, -0.25) is 9.58 Å². The number of anilines is 2. The Morgan fingerprint density at radius 1 is 1.04 bits per heavy atom. The Balaban J connectivity index is 1.41. The van der Waals surface area contributed by atoms with Crippen molar-refractivity contribution in [3.05, 3.63) is 42.5 Å². The van der Waals surface area contributed by atoms with Gasteiger partial charge in [0, 0.05) is 64.1 Å². The molecule has 7 heteroatoms.